The molecule has 6 nitrogen and oxygen atoms in total. The smallest absolute Gasteiger partial charge is 0.413 e. The number of hydrogen-bond acceptors (Lipinski definition) is 5. The molecule has 0 aromatic heterocycles. The van der Waals surface area contributed by atoms with E-state index in [9.17, 15) is 13.2 Å². The van der Waals surface area contributed by atoms with E-state index in [1.807, 2.05) is 6.92 Å². The van der Waals surface area contributed by atoms with Crippen LogP contribution in [0.3, 0.4) is 0 Å². The molecular weight excluding hydrogens is 252 g/mol. The van der Waals surface area contributed by atoms with Gasteiger partial charge in [0.2, 0.25) is 0 Å². The minimum Gasteiger partial charge on any atom is -0.449 e. The molecule has 0 aromatic rings. The van der Waals surface area contributed by atoms with Crippen LogP contribution in [-0.4, -0.2) is 38.8 Å². The molecule has 0 aliphatic rings. The Labute approximate surface area is 99.9 Å². The monoisotopic (exact) mass is 268 g/mol. The quantitative estimate of drug-likeness (QED) is 0.470. The fourth-order valence-electron chi connectivity index (χ4n) is 0.694. The summed E-state index contributed by atoms with van der Waals surface area (Å²) in [6, 6.07) is 0. The van der Waals surface area contributed by atoms with Gasteiger partial charge in [0.15, 0.2) is 5.17 Å². The number of sulfonamides is 1. The molecule has 0 aromatic carbocycles. The van der Waals surface area contributed by atoms with Crippen molar-refractivity contribution >= 4 is 33.0 Å². The van der Waals surface area contributed by atoms with Gasteiger partial charge in [-0.05, 0) is 12.7 Å². The van der Waals surface area contributed by atoms with E-state index in [0.717, 1.165) is 30.9 Å². The molecular formula is C8H16N2O4S2. The third-order valence-electron chi connectivity index (χ3n) is 1.38. The molecule has 8 heteroatoms. The Balaban J connectivity index is 4.23. The molecule has 0 aliphatic heterocycles. The fourth-order valence-corrected chi connectivity index (χ4v) is 1.93. The van der Waals surface area contributed by atoms with Crippen LogP contribution in [0.25, 0.3) is 0 Å². The second-order valence-electron chi connectivity index (χ2n) is 2.95. The van der Waals surface area contributed by atoms with Gasteiger partial charge in [0.05, 0.1) is 12.9 Å². The van der Waals surface area contributed by atoms with Crippen molar-refractivity contribution in [3.8, 4) is 0 Å². The number of alkyl carbamates (subject to hydrolysis) is 1. The van der Waals surface area contributed by atoms with Crippen LogP contribution in [0.15, 0.2) is 4.40 Å². The van der Waals surface area contributed by atoms with E-state index in [1.54, 1.807) is 6.26 Å². The van der Waals surface area contributed by atoms with Gasteiger partial charge in [-0.3, -0.25) is 5.32 Å². The van der Waals surface area contributed by atoms with E-state index in [2.05, 4.69) is 9.71 Å². The first kappa shape index (κ1) is 15.2. The number of hydrogen-bond donors (Lipinski definition) is 1. The number of ether oxygens (including phenoxy) is 1. The summed E-state index contributed by atoms with van der Waals surface area (Å²) in [7, 11) is -3.51. The molecule has 16 heavy (non-hydrogen) atoms. The molecule has 0 unspecified atom stereocenters. The minimum absolute atomic E-state index is 0.00370. The number of nitrogens with zero attached hydrogens (tertiary/aromatic N) is 1. The van der Waals surface area contributed by atoms with Crippen LogP contribution in [0.4, 0.5) is 4.79 Å². The van der Waals surface area contributed by atoms with Gasteiger partial charge in [-0.15, -0.1) is 4.40 Å². The summed E-state index contributed by atoms with van der Waals surface area (Å²) >= 11 is 1.02. The van der Waals surface area contributed by atoms with E-state index in [-0.39, 0.29) is 5.17 Å². The van der Waals surface area contributed by atoms with E-state index < -0.39 is 16.1 Å². The number of rotatable bonds is 4. The minimum atomic E-state index is -3.51. The van der Waals surface area contributed by atoms with Crippen molar-refractivity contribution < 1.29 is 17.9 Å². The van der Waals surface area contributed by atoms with Crippen molar-refractivity contribution in [1.29, 1.82) is 0 Å². The molecule has 0 atom stereocenters. The van der Waals surface area contributed by atoms with Crippen LogP contribution in [0.1, 0.15) is 19.8 Å². The van der Waals surface area contributed by atoms with Crippen molar-refractivity contribution in [2.75, 3.05) is 19.1 Å². The van der Waals surface area contributed by atoms with Crippen LogP contribution in [0, 0.1) is 0 Å². The average Bonchev–Trinajstić information content (AvgIpc) is 2.15. The first-order valence-electron chi connectivity index (χ1n) is 4.66. The van der Waals surface area contributed by atoms with E-state index >= 15 is 0 Å². The Morgan fingerprint density at radius 2 is 2.12 bits per heavy atom. The van der Waals surface area contributed by atoms with Gasteiger partial charge in [-0.25, -0.2) is 13.2 Å². The largest absolute Gasteiger partial charge is 0.449 e. The van der Waals surface area contributed by atoms with Crippen LogP contribution in [0.2, 0.25) is 0 Å². The zero-order valence-electron chi connectivity index (χ0n) is 9.52. The number of amides is 1. The number of amidine groups is 1. The first-order chi connectivity index (χ1) is 7.39. The van der Waals surface area contributed by atoms with Gasteiger partial charge in [0.25, 0.3) is 10.0 Å². The summed E-state index contributed by atoms with van der Waals surface area (Å²) in [6.07, 6.45) is 3.56. The Bertz CT molecular complexity index is 351. The molecule has 0 spiro atoms. The second kappa shape index (κ2) is 7.50. The summed E-state index contributed by atoms with van der Waals surface area (Å²) in [5.41, 5.74) is 0. The topological polar surface area (TPSA) is 84.8 Å². The lowest BCUT2D eigenvalue weighted by Crippen LogP contribution is -2.29. The standard InChI is InChI=1S/C8H16N2O4S2/c1-4-5-6-14-8(11)9-7(15-2)10-16(3,12)13/h4-6H2,1-3H3,(H,9,10,11). The van der Waals surface area contributed by atoms with Crippen LogP contribution < -0.4 is 5.32 Å². The molecule has 0 radical (unpaired) electrons. The third kappa shape index (κ3) is 8.54. The van der Waals surface area contributed by atoms with Crippen LogP contribution in [-0.2, 0) is 14.8 Å². The summed E-state index contributed by atoms with van der Waals surface area (Å²) in [5.74, 6) is 0. The van der Waals surface area contributed by atoms with Gasteiger partial charge >= 0.3 is 6.09 Å². The summed E-state index contributed by atoms with van der Waals surface area (Å²) in [5, 5.41) is 2.26. The van der Waals surface area contributed by atoms with Gasteiger partial charge in [-0.2, -0.15) is 0 Å². The molecule has 0 saturated heterocycles. The maximum Gasteiger partial charge on any atom is 0.413 e. The van der Waals surface area contributed by atoms with Gasteiger partial charge < -0.3 is 4.74 Å². The molecule has 0 aliphatic carbocycles. The SMILES string of the molecule is CCCCOC(=O)NC(=NS(C)(=O)=O)SC. The number of unbranched alkanes of at least 4 members (excludes halogenated alkanes) is 1. The predicted molar refractivity (Wildman–Crippen MR) is 65.2 cm³/mol. The Morgan fingerprint density at radius 3 is 2.56 bits per heavy atom. The normalized spacial score (nSPS) is 12.3. The number of nitrogens with one attached hydrogen (secondary N) is 1. The highest BCUT2D eigenvalue weighted by atomic mass is 32.2. The maximum absolute atomic E-state index is 11.2. The van der Waals surface area contributed by atoms with E-state index in [1.165, 1.54) is 0 Å². The zero-order valence-corrected chi connectivity index (χ0v) is 11.2. The lowest BCUT2D eigenvalue weighted by molar-refractivity contribution is 0.150. The average molecular weight is 268 g/mol. The summed E-state index contributed by atoms with van der Waals surface area (Å²) in [6.45, 7) is 2.28. The van der Waals surface area contributed by atoms with E-state index in [4.69, 9.17) is 4.74 Å². The summed E-state index contributed by atoms with van der Waals surface area (Å²) < 4.78 is 29.8. The number of carbonyl (C=O) groups excluding carboxylic acids is 1. The van der Waals surface area contributed by atoms with E-state index in [0.29, 0.717) is 6.61 Å². The Hall–Kier alpha value is -0.760. The molecule has 0 bridgehead atoms. The predicted octanol–water partition coefficient (Wildman–Crippen LogP) is 1.19. The highest BCUT2D eigenvalue weighted by molar-refractivity contribution is 8.13. The molecule has 0 fully saturated rings. The summed E-state index contributed by atoms with van der Waals surface area (Å²) in [4.78, 5) is 11.2. The maximum atomic E-state index is 11.2. The van der Waals surface area contributed by atoms with Crippen molar-refractivity contribution in [3.63, 3.8) is 0 Å². The van der Waals surface area contributed by atoms with Crippen molar-refractivity contribution in [1.82, 2.24) is 5.32 Å². The van der Waals surface area contributed by atoms with Crippen molar-refractivity contribution in [2.24, 2.45) is 4.40 Å². The highest BCUT2D eigenvalue weighted by Gasteiger charge is 2.08. The van der Waals surface area contributed by atoms with Crippen LogP contribution >= 0.6 is 11.8 Å². The molecule has 0 heterocycles. The van der Waals surface area contributed by atoms with Gasteiger partial charge in [0, 0.05) is 0 Å². The molecule has 0 rings (SSSR count). The first-order valence-corrected chi connectivity index (χ1v) is 7.74. The van der Waals surface area contributed by atoms with Crippen LogP contribution in [0.5, 0.6) is 0 Å². The second-order valence-corrected chi connectivity index (χ2v) is 5.39. The highest BCUT2D eigenvalue weighted by Crippen LogP contribution is 1.99. The zero-order chi connectivity index (χ0) is 12.6. The number of thioether (sulfide) groups is 1. The third-order valence-corrected chi connectivity index (χ3v) is 2.59. The fraction of sp³-hybridized carbons (Fsp3) is 0.750. The molecule has 94 valence electrons. The Kier molecular flexibility index (Phi) is 7.15. The van der Waals surface area contributed by atoms with Gasteiger partial charge in [-0.1, -0.05) is 25.1 Å². The number of carbonyl (C=O) groups is 1. The van der Waals surface area contributed by atoms with Crippen molar-refractivity contribution in [2.45, 2.75) is 19.8 Å². The van der Waals surface area contributed by atoms with Gasteiger partial charge in [0.1, 0.15) is 0 Å². The Morgan fingerprint density at radius 1 is 1.50 bits per heavy atom. The van der Waals surface area contributed by atoms with Crippen molar-refractivity contribution in [3.05, 3.63) is 0 Å². The molecule has 1 amide bonds. The molecule has 0 saturated carbocycles. The lowest BCUT2D eigenvalue weighted by Gasteiger charge is -2.06. The lowest BCUT2D eigenvalue weighted by atomic mass is 10.4. The molecule has 1 N–H and O–H groups in total.